The topological polar surface area (TPSA) is 59.9 Å². The van der Waals surface area contributed by atoms with Gasteiger partial charge in [0.25, 0.3) is 0 Å². The SMILES string of the molecule is CCOc1ccc2ccccc2c1/C=N/NC(=O)CCCOc1ccc(CC)cc1Br. The Morgan fingerprint density at radius 3 is 2.65 bits per heavy atom. The Labute approximate surface area is 191 Å². The third-order valence-electron chi connectivity index (χ3n) is 4.82. The average Bonchev–Trinajstić information content (AvgIpc) is 2.78. The summed E-state index contributed by atoms with van der Waals surface area (Å²) in [4.78, 5) is 12.1. The van der Waals surface area contributed by atoms with E-state index in [-0.39, 0.29) is 5.91 Å². The van der Waals surface area contributed by atoms with Crippen molar-refractivity contribution in [3.63, 3.8) is 0 Å². The Morgan fingerprint density at radius 1 is 1.06 bits per heavy atom. The standard InChI is InChI=1S/C25H27BrN2O3/c1-3-18-11-13-24(22(26)16-18)31-15-7-10-25(29)28-27-17-21-20-9-6-5-8-19(20)12-14-23(21)30-4-2/h5-6,8-9,11-14,16-17H,3-4,7,10,15H2,1-2H3,(H,28,29)/b27-17+. The molecule has 0 heterocycles. The molecule has 0 aromatic heterocycles. The van der Waals surface area contributed by atoms with Crippen molar-refractivity contribution in [2.45, 2.75) is 33.1 Å². The van der Waals surface area contributed by atoms with Gasteiger partial charge >= 0.3 is 0 Å². The van der Waals surface area contributed by atoms with Gasteiger partial charge in [0, 0.05) is 12.0 Å². The molecule has 0 fully saturated rings. The molecule has 0 saturated heterocycles. The van der Waals surface area contributed by atoms with Crippen molar-refractivity contribution in [3.8, 4) is 11.5 Å². The van der Waals surface area contributed by atoms with Crippen LogP contribution >= 0.6 is 15.9 Å². The Kier molecular flexibility index (Phi) is 8.47. The molecule has 3 rings (SSSR count). The summed E-state index contributed by atoms with van der Waals surface area (Å²) in [6.07, 6.45) is 3.55. The smallest absolute Gasteiger partial charge is 0.240 e. The third-order valence-corrected chi connectivity index (χ3v) is 5.44. The lowest BCUT2D eigenvalue weighted by atomic mass is 10.0. The molecule has 0 radical (unpaired) electrons. The summed E-state index contributed by atoms with van der Waals surface area (Å²) in [6.45, 7) is 5.07. The number of carbonyl (C=O) groups is 1. The second kappa shape index (κ2) is 11.5. The fourth-order valence-electron chi connectivity index (χ4n) is 3.21. The molecule has 162 valence electrons. The van der Waals surface area contributed by atoms with Gasteiger partial charge in [0.1, 0.15) is 11.5 Å². The number of hydrogen-bond donors (Lipinski definition) is 1. The predicted octanol–water partition coefficient (Wildman–Crippen LogP) is 5.87. The molecule has 3 aromatic rings. The second-order valence-electron chi connectivity index (χ2n) is 7.00. The molecule has 3 aromatic carbocycles. The van der Waals surface area contributed by atoms with Gasteiger partial charge in [0.2, 0.25) is 5.91 Å². The number of nitrogens with one attached hydrogen (secondary N) is 1. The summed E-state index contributed by atoms with van der Waals surface area (Å²) in [5.41, 5.74) is 4.70. The van der Waals surface area contributed by atoms with E-state index in [2.05, 4.69) is 39.4 Å². The third kappa shape index (κ3) is 6.31. The van der Waals surface area contributed by atoms with Gasteiger partial charge in [-0.2, -0.15) is 5.10 Å². The number of halogens is 1. The molecule has 0 spiro atoms. The monoisotopic (exact) mass is 482 g/mol. The van der Waals surface area contributed by atoms with E-state index in [9.17, 15) is 4.79 Å². The Morgan fingerprint density at radius 2 is 1.87 bits per heavy atom. The number of amides is 1. The molecule has 31 heavy (non-hydrogen) atoms. The van der Waals surface area contributed by atoms with Crippen LogP contribution in [-0.2, 0) is 11.2 Å². The van der Waals surface area contributed by atoms with Gasteiger partial charge in [-0.15, -0.1) is 0 Å². The molecule has 1 amide bonds. The van der Waals surface area contributed by atoms with Crippen LogP contribution in [0.2, 0.25) is 0 Å². The van der Waals surface area contributed by atoms with E-state index in [0.29, 0.717) is 26.1 Å². The summed E-state index contributed by atoms with van der Waals surface area (Å²) in [5.74, 6) is 1.38. The zero-order valence-corrected chi connectivity index (χ0v) is 19.4. The number of ether oxygens (including phenoxy) is 2. The highest BCUT2D eigenvalue weighted by Crippen LogP contribution is 2.27. The maximum absolute atomic E-state index is 12.1. The highest BCUT2D eigenvalue weighted by molar-refractivity contribution is 9.10. The van der Waals surface area contributed by atoms with Crippen LogP contribution < -0.4 is 14.9 Å². The van der Waals surface area contributed by atoms with E-state index in [4.69, 9.17) is 9.47 Å². The number of rotatable bonds is 10. The van der Waals surface area contributed by atoms with E-state index in [1.807, 2.05) is 55.5 Å². The van der Waals surface area contributed by atoms with Crippen molar-refractivity contribution < 1.29 is 14.3 Å². The lowest BCUT2D eigenvalue weighted by Gasteiger charge is -2.10. The number of benzene rings is 3. The minimum atomic E-state index is -0.154. The highest BCUT2D eigenvalue weighted by atomic mass is 79.9. The maximum Gasteiger partial charge on any atom is 0.240 e. The zero-order valence-electron chi connectivity index (χ0n) is 17.9. The molecule has 6 heteroatoms. The summed E-state index contributed by atoms with van der Waals surface area (Å²) in [7, 11) is 0. The van der Waals surface area contributed by atoms with Crippen LogP contribution in [-0.4, -0.2) is 25.3 Å². The van der Waals surface area contributed by atoms with Crippen molar-refractivity contribution >= 4 is 38.8 Å². The first-order valence-electron chi connectivity index (χ1n) is 10.5. The lowest BCUT2D eigenvalue weighted by Crippen LogP contribution is -2.18. The fraction of sp³-hybridized carbons (Fsp3) is 0.280. The van der Waals surface area contributed by atoms with Gasteiger partial charge in [0.15, 0.2) is 0 Å². The van der Waals surface area contributed by atoms with E-state index in [0.717, 1.165) is 38.7 Å². The van der Waals surface area contributed by atoms with Crippen molar-refractivity contribution in [3.05, 3.63) is 70.2 Å². The van der Waals surface area contributed by atoms with Gasteiger partial charge in [-0.25, -0.2) is 5.43 Å². The first-order chi connectivity index (χ1) is 15.1. The second-order valence-corrected chi connectivity index (χ2v) is 7.85. The molecule has 0 aliphatic carbocycles. The van der Waals surface area contributed by atoms with Gasteiger partial charge < -0.3 is 9.47 Å². The van der Waals surface area contributed by atoms with Crippen LogP contribution in [0.3, 0.4) is 0 Å². The summed E-state index contributed by atoms with van der Waals surface area (Å²) in [6, 6.07) is 18.0. The molecular formula is C25H27BrN2O3. The first kappa shape index (κ1) is 22.8. The van der Waals surface area contributed by atoms with Crippen molar-refractivity contribution in [2.24, 2.45) is 5.10 Å². The molecule has 1 N–H and O–H groups in total. The fourth-order valence-corrected chi connectivity index (χ4v) is 3.75. The lowest BCUT2D eigenvalue weighted by molar-refractivity contribution is -0.121. The number of hydrogen-bond acceptors (Lipinski definition) is 4. The number of carbonyl (C=O) groups excluding carboxylic acids is 1. The number of nitrogens with zero attached hydrogens (tertiary/aromatic N) is 1. The minimum Gasteiger partial charge on any atom is -0.493 e. The van der Waals surface area contributed by atoms with Crippen LogP contribution in [0.25, 0.3) is 10.8 Å². The van der Waals surface area contributed by atoms with E-state index in [1.165, 1.54) is 5.56 Å². The molecule has 0 unspecified atom stereocenters. The average molecular weight is 483 g/mol. The van der Waals surface area contributed by atoms with Crippen molar-refractivity contribution in [1.29, 1.82) is 0 Å². The van der Waals surface area contributed by atoms with E-state index < -0.39 is 0 Å². The Hall–Kier alpha value is -2.86. The summed E-state index contributed by atoms with van der Waals surface area (Å²) >= 11 is 3.53. The van der Waals surface area contributed by atoms with Crippen LogP contribution in [0.15, 0.2) is 64.2 Å². The molecule has 0 aliphatic rings. The van der Waals surface area contributed by atoms with Crippen LogP contribution in [0, 0.1) is 0 Å². The number of fused-ring (bicyclic) bond motifs is 1. The van der Waals surface area contributed by atoms with E-state index >= 15 is 0 Å². The Balaban J connectivity index is 1.52. The summed E-state index contributed by atoms with van der Waals surface area (Å²) in [5, 5.41) is 6.27. The van der Waals surface area contributed by atoms with Crippen molar-refractivity contribution in [1.82, 2.24) is 5.43 Å². The first-order valence-corrected chi connectivity index (χ1v) is 11.3. The Bertz CT molecular complexity index is 1070. The number of aryl methyl sites for hydroxylation is 1. The van der Waals surface area contributed by atoms with Gasteiger partial charge in [0.05, 0.1) is 23.9 Å². The van der Waals surface area contributed by atoms with Crippen LogP contribution in [0.1, 0.15) is 37.8 Å². The zero-order chi connectivity index (χ0) is 22.1. The molecule has 0 saturated carbocycles. The van der Waals surface area contributed by atoms with Crippen molar-refractivity contribution in [2.75, 3.05) is 13.2 Å². The van der Waals surface area contributed by atoms with Gasteiger partial charge in [-0.3, -0.25) is 4.79 Å². The quantitative estimate of drug-likeness (QED) is 0.223. The van der Waals surface area contributed by atoms with E-state index in [1.54, 1.807) is 6.21 Å². The minimum absolute atomic E-state index is 0.154. The molecule has 5 nitrogen and oxygen atoms in total. The largest absolute Gasteiger partial charge is 0.493 e. The summed E-state index contributed by atoms with van der Waals surface area (Å²) < 4.78 is 12.4. The van der Waals surface area contributed by atoms with Crippen LogP contribution in [0.4, 0.5) is 0 Å². The molecule has 0 bridgehead atoms. The van der Waals surface area contributed by atoms with Crippen LogP contribution in [0.5, 0.6) is 11.5 Å². The normalized spacial score (nSPS) is 11.1. The van der Waals surface area contributed by atoms with Gasteiger partial charge in [-0.1, -0.05) is 43.3 Å². The molecule has 0 aliphatic heterocycles. The number of hydrazone groups is 1. The predicted molar refractivity (Wildman–Crippen MR) is 129 cm³/mol. The molecular weight excluding hydrogens is 456 g/mol. The van der Waals surface area contributed by atoms with Gasteiger partial charge in [-0.05, 0) is 70.2 Å². The molecule has 0 atom stereocenters. The highest BCUT2D eigenvalue weighted by Gasteiger charge is 2.07. The maximum atomic E-state index is 12.1.